The van der Waals surface area contributed by atoms with Gasteiger partial charge in [-0.25, -0.2) is 9.37 Å². The summed E-state index contributed by atoms with van der Waals surface area (Å²) in [6.07, 6.45) is 1.90. The predicted molar refractivity (Wildman–Crippen MR) is 77.6 cm³/mol. The molecule has 1 aromatic heterocycles. The van der Waals surface area contributed by atoms with Crippen LogP contribution in [0.3, 0.4) is 0 Å². The number of nitrogens with zero attached hydrogens (tertiary/aromatic N) is 1. The van der Waals surface area contributed by atoms with Crippen LogP contribution in [0, 0.1) is 5.82 Å². The number of benzene rings is 1. The Balaban J connectivity index is 2.57. The first-order valence-electron chi connectivity index (χ1n) is 6.18. The molecule has 0 atom stereocenters. The van der Waals surface area contributed by atoms with Crippen molar-refractivity contribution in [3.63, 3.8) is 0 Å². The summed E-state index contributed by atoms with van der Waals surface area (Å²) in [6.45, 7) is 5.02. The van der Waals surface area contributed by atoms with Gasteiger partial charge in [0.05, 0.1) is 0 Å². The van der Waals surface area contributed by atoms with Crippen LogP contribution in [-0.4, -0.2) is 11.5 Å². The molecule has 2 nitrogen and oxygen atoms in total. The van der Waals surface area contributed by atoms with Crippen LogP contribution >= 0.6 is 15.9 Å². The van der Waals surface area contributed by atoms with E-state index in [-0.39, 0.29) is 5.82 Å². The number of anilines is 1. The third-order valence-electron chi connectivity index (χ3n) is 2.84. The summed E-state index contributed by atoms with van der Waals surface area (Å²) in [5, 5.41) is 4.09. The number of nitrogens with one attached hydrogen (secondary N) is 1. The number of halogens is 2. The van der Waals surface area contributed by atoms with Gasteiger partial charge in [-0.15, -0.1) is 0 Å². The van der Waals surface area contributed by atoms with Crippen molar-refractivity contribution in [1.29, 1.82) is 0 Å². The maximum atomic E-state index is 13.9. The molecule has 0 bridgehead atoms. The average molecular weight is 311 g/mol. The molecule has 0 fully saturated rings. The van der Waals surface area contributed by atoms with Crippen molar-refractivity contribution < 1.29 is 4.39 Å². The summed E-state index contributed by atoms with van der Waals surface area (Å²) in [6, 6.07) is 5.35. The Kier molecular flexibility index (Phi) is 4.17. The average Bonchev–Trinajstić information content (AvgIpc) is 2.35. The third kappa shape index (κ3) is 2.64. The van der Waals surface area contributed by atoms with Gasteiger partial charge >= 0.3 is 0 Å². The second kappa shape index (κ2) is 5.65. The van der Waals surface area contributed by atoms with Crippen LogP contribution in [0.25, 0.3) is 10.9 Å². The zero-order chi connectivity index (χ0) is 13.1. The second-order valence-corrected chi connectivity index (χ2v) is 5.15. The van der Waals surface area contributed by atoms with Gasteiger partial charge in [0.15, 0.2) is 5.82 Å². The maximum Gasteiger partial charge on any atom is 0.150 e. The standard InChI is InChI=1S/C14H16BrFN2/c1-3-5-17-14-9(4-2)6-10-7-11(15)8-12(16)13(10)18-14/h6-8H,3-5H2,1-2H3,(H,17,18). The monoisotopic (exact) mass is 310 g/mol. The number of hydrogen-bond donors (Lipinski definition) is 1. The summed E-state index contributed by atoms with van der Waals surface area (Å²) in [4.78, 5) is 4.42. The zero-order valence-corrected chi connectivity index (χ0v) is 12.1. The maximum absolute atomic E-state index is 13.9. The van der Waals surface area contributed by atoms with E-state index in [1.54, 1.807) is 0 Å². The highest BCUT2D eigenvalue weighted by molar-refractivity contribution is 9.10. The molecule has 0 saturated carbocycles. The third-order valence-corrected chi connectivity index (χ3v) is 3.30. The molecule has 96 valence electrons. The highest BCUT2D eigenvalue weighted by Crippen LogP contribution is 2.26. The van der Waals surface area contributed by atoms with Gasteiger partial charge in [-0.2, -0.15) is 0 Å². The Morgan fingerprint density at radius 2 is 2.06 bits per heavy atom. The van der Waals surface area contributed by atoms with Gasteiger partial charge in [-0.1, -0.05) is 29.8 Å². The number of aromatic nitrogens is 1. The minimum absolute atomic E-state index is 0.290. The van der Waals surface area contributed by atoms with Gasteiger partial charge < -0.3 is 5.32 Å². The van der Waals surface area contributed by atoms with E-state index >= 15 is 0 Å². The molecule has 0 aliphatic carbocycles. The Labute approximate surface area is 115 Å². The van der Waals surface area contributed by atoms with E-state index in [1.165, 1.54) is 6.07 Å². The van der Waals surface area contributed by atoms with E-state index in [4.69, 9.17) is 0 Å². The molecule has 2 aromatic rings. The Bertz CT molecular complexity index is 569. The summed E-state index contributed by atoms with van der Waals surface area (Å²) >= 11 is 3.31. The highest BCUT2D eigenvalue weighted by atomic mass is 79.9. The number of fused-ring (bicyclic) bond motifs is 1. The van der Waals surface area contributed by atoms with E-state index < -0.39 is 0 Å². The lowest BCUT2D eigenvalue weighted by Gasteiger charge is -2.11. The quantitative estimate of drug-likeness (QED) is 0.898. The normalized spacial score (nSPS) is 10.9. The zero-order valence-electron chi connectivity index (χ0n) is 10.6. The molecule has 2 rings (SSSR count). The van der Waals surface area contributed by atoms with E-state index in [9.17, 15) is 4.39 Å². The van der Waals surface area contributed by atoms with E-state index in [1.807, 2.05) is 12.1 Å². The van der Waals surface area contributed by atoms with Crippen molar-refractivity contribution in [1.82, 2.24) is 4.98 Å². The molecule has 4 heteroatoms. The highest BCUT2D eigenvalue weighted by Gasteiger charge is 2.09. The fourth-order valence-corrected chi connectivity index (χ4v) is 2.37. The van der Waals surface area contributed by atoms with Crippen molar-refractivity contribution >= 4 is 32.7 Å². The van der Waals surface area contributed by atoms with Gasteiger partial charge in [-0.3, -0.25) is 0 Å². The number of pyridine rings is 1. The van der Waals surface area contributed by atoms with Gasteiger partial charge in [-0.05, 0) is 36.6 Å². The summed E-state index contributed by atoms with van der Waals surface area (Å²) < 4.78 is 14.6. The van der Waals surface area contributed by atoms with E-state index in [0.717, 1.165) is 40.6 Å². The van der Waals surface area contributed by atoms with Crippen molar-refractivity contribution in [3.05, 3.63) is 34.1 Å². The summed E-state index contributed by atoms with van der Waals surface area (Å²) in [5.41, 5.74) is 1.54. The van der Waals surface area contributed by atoms with E-state index in [2.05, 4.69) is 40.1 Å². The molecule has 0 saturated heterocycles. The SMILES string of the molecule is CCCNc1nc2c(F)cc(Br)cc2cc1CC. The Hall–Kier alpha value is -1.16. The lowest BCUT2D eigenvalue weighted by atomic mass is 10.1. The van der Waals surface area contributed by atoms with Crippen molar-refractivity contribution in [3.8, 4) is 0 Å². The smallest absolute Gasteiger partial charge is 0.150 e. The summed E-state index contributed by atoms with van der Waals surface area (Å²) in [5.74, 6) is 0.509. The molecular weight excluding hydrogens is 295 g/mol. The molecule has 0 aliphatic rings. The molecule has 0 aliphatic heterocycles. The number of aryl methyl sites for hydroxylation is 1. The second-order valence-electron chi connectivity index (χ2n) is 4.24. The largest absolute Gasteiger partial charge is 0.370 e. The van der Waals surface area contributed by atoms with Gasteiger partial charge in [0.2, 0.25) is 0 Å². The molecule has 0 radical (unpaired) electrons. The van der Waals surface area contributed by atoms with Crippen LogP contribution in [-0.2, 0) is 6.42 Å². The van der Waals surface area contributed by atoms with Crippen molar-refractivity contribution in [2.75, 3.05) is 11.9 Å². The van der Waals surface area contributed by atoms with Crippen LogP contribution < -0.4 is 5.32 Å². The van der Waals surface area contributed by atoms with Gasteiger partial charge in [0.25, 0.3) is 0 Å². The topological polar surface area (TPSA) is 24.9 Å². The van der Waals surface area contributed by atoms with Gasteiger partial charge in [0, 0.05) is 16.4 Å². The predicted octanol–water partition coefficient (Wildman–Crippen LogP) is 4.52. The first kappa shape index (κ1) is 13.3. The number of rotatable bonds is 4. The Morgan fingerprint density at radius 1 is 1.28 bits per heavy atom. The minimum atomic E-state index is -0.290. The molecule has 1 aromatic carbocycles. The van der Waals surface area contributed by atoms with Crippen molar-refractivity contribution in [2.24, 2.45) is 0 Å². The summed E-state index contributed by atoms with van der Waals surface area (Å²) in [7, 11) is 0. The molecule has 18 heavy (non-hydrogen) atoms. The number of hydrogen-bond acceptors (Lipinski definition) is 2. The van der Waals surface area contributed by atoms with Crippen LogP contribution in [0.5, 0.6) is 0 Å². The van der Waals surface area contributed by atoms with Crippen LogP contribution in [0.15, 0.2) is 22.7 Å². The Morgan fingerprint density at radius 3 is 2.72 bits per heavy atom. The molecule has 0 amide bonds. The fourth-order valence-electron chi connectivity index (χ4n) is 1.92. The molecule has 1 heterocycles. The van der Waals surface area contributed by atoms with Gasteiger partial charge in [0.1, 0.15) is 11.3 Å². The molecular formula is C14H16BrFN2. The first-order chi connectivity index (χ1) is 8.65. The molecule has 0 unspecified atom stereocenters. The fraction of sp³-hybridized carbons (Fsp3) is 0.357. The minimum Gasteiger partial charge on any atom is -0.370 e. The van der Waals surface area contributed by atoms with E-state index in [0.29, 0.717) is 5.52 Å². The lowest BCUT2D eigenvalue weighted by molar-refractivity contribution is 0.636. The van der Waals surface area contributed by atoms with Crippen LogP contribution in [0.1, 0.15) is 25.8 Å². The first-order valence-corrected chi connectivity index (χ1v) is 6.97. The van der Waals surface area contributed by atoms with Crippen molar-refractivity contribution in [2.45, 2.75) is 26.7 Å². The molecule has 1 N–H and O–H groups in total. The van der Waals surface area contributed by atoms with Crippen LogP contribution in [0.4, 0.5) is 10.2 Å². The lowest BCUT2D eigenvalue weighted by Crippen LogP contribution is -2.05. The molecule has 0 spiro atoms. The van der Waals surface area contributed by atoms with Crippen LogP contribution in [0.2, 0.25) is 0 Å².